The van der Waals surface area contributed by atoms with Gasteiger partial charge in [0.25, 0.3) is 0 Å². The largest absolute Gasteiger partial charge is 0.472 e. The van der Waals surface area contributed by atoms with E-state index in [0.717, 1.165) is 89.9 Å². The molecule has 0 saturated carbocycles. The maximum atomic E-state index is 13.1. The minimum atomic E-state index is -4.95. The molecular formula is C75H146O17P2. The Balaban J connectivity index is 5.20. The number of carbonyl (C=O) groups excluding carboxylic acids is 4. The van der Waals surface area contributed by atoms with Crippen molar-refractivity contribution in [1.29, 1.82) is 0 Å². The predicted molar refractivity (Wildman–Crippen MR) is 382 cm³/mol. The molecular weight excluding hydrogens is 1230 g/mol. The Morgan fingerprint density at radius 2 is 0.426 bits per heavy atom. The first kappa shape index (κ1) is 92.1. The third-order valence-corrected chi connectivity index (χ3v) is 19.5. The van der Waals surface area contributed by atoms with Crippen molar-refractivity contribution in [3.8, 4) is 0 Å². The highest BCUT2D eigenvalue weighted by Gasteiger charge is 2.30. The van der Waals surface area contributed by atoms with E-state index in [1.54, 1.807) is 0 Å². The number of phosphoric acid groups is 2. The Kier molecular flexibility index (Phi) is 68.1. The highest BCUT2D eigenvalue weighted by Crippen LogP contribution is 2.45. The average molecular weight is 1380 g/mol. The Bertz CT molecular complexity index is 1790. The van der Waals surface area contributed by atoms with Crippen LogP contribution in [0.2, 0.25) is 0 Å². The van der Waals surface area contributed by atoms with Gasteiger partial charge in [0.05, 0.1) is 26.4 Å². The summed E-state index contributed by atoms with van der Waals surface area (Å²) < 4.78 is 68.4. The van der Waals surface area contributed by atoms with Crippen molar-refractivity contribution in [2.45, 2.75) is 418 Å². The van der Waals surface area contributed by atoms with Crippen molar-refractivity contribution in [3.05, 3.63) is 0 Å². The van der Waals surface area contributed by atoms with Crippen LogP contribution in [0.4, 0.5) is 0 Å². The molecule has 0 fully saturated rings. The molecule has 5 atom stereocenters. The van der Waals surface area contributed by atoms with Crippen molar-refractivity contribution in [2.24, 2.45) is 0 Å². The third-order valence-electron chi connectivity index (χ3n) is 17.6. The van der Waals surface area contributed by atoms with Gasteiger partial charge in [0.1, 0.15) is 19.3 Å². The summed E-state index contributed by atoms with van der Waals surface area (Å²) in [5.74, 6) is -2.11. The number of unbranched alkanes of at least 4 members (excludes halogenated alkanes) is 50. The van der Waals surface area contributed by atoms with E-state index in [2.05, 4.69) is 27.7 Å². The number of hydrogen-bond acceptors (Lipinski definition) is 15. The molecule has 17 nitrogen and oxygen atoms in total. The number of rotatable bonds is 76. The second-order valence-electron chi connectivity index (χ2n) is 27.0. The topological polar surface area (TPSA) is 237 Å². The number of ether oxygens (including phenoxy) is 4. The second-order valence-corrected chi connectivity index (χ2v) is 29.9. The lowest BCUT2D eigenvalue weighted by atomic mass is 10.0. The minimum absolute atomic E-state index is 0.108. The number of aliphatic hydroxyl groups is 1. The molecule has 0 heterocycles. The van der Waals surface area contributed by atoms with Crippen LogP contribution in [0, 0.1) is 0 Å². The van der Waals surface area contributed by atoms with Gasteiger partial charge in [0.15, 0.2) is 12.2 Å². The molecule has 0 saturated heterocycles. The molecule has 19 heteroatoms. The fourth-order valence-corrected chi connectivity index (χ4v) is 13.2. The Hall–Kier alpha value is -1.94. The fourth-order valence-electron chi connectivity index (χ4n) is 11.6. The number of carbonyl (C=O) groups is 4. The monoisotopic (exact) mass is 1380 g/mol. The molecule has 0 radical (unpaired) electrons. The first-order valence-electron chi connectivity index (χ1n) is 39.3. The molecule has 0 rings (SSSR count). The maximum absolute atomic E-state index is 13.1. The summed E-state index contributed by atoms with van der Waals surface area (Å²) in [5.41, 5.74) is 0. The smallest absolute Gasteiger partial charge is 0.462 e. The second kappa shape index (κ2) is 69.5. The van der Waals surface area contributed by atoms with E-state index in [4.69, 9.17) is 37.0 Å². The van der Waals surface area contributed by atoms with Crippen LogP contribution in [-0.4, -0.2) is 96.7 Å². The average Bonchev–Trinajstić information content (AvgIpc) is 1.95. The summed E-state index contributed by atoms with van der Waals surface area (Å²) in [6.07, 6.45) is 59.6. The van der Waals surface area contributed by atoms with Gasteiger partial charge in [0, 0.05) is 25.7 Å². The molecule has 0 aromatic heterocycles. The van der Waals surface area contributed by atoms with E-state index in [9.17, 15) is 43.2 Å². The molecule has 0 aliphatic heterocycles. The molecule has 0 aromatic carbocycles. The molecule has 0 aromatic rings. The number of aliphatic hydroxyl groups excluding tert-OH is 1. The minimum Gasteiger partial charge on any atom is -0.462 e. The zero-order chi connectivity index (χ0) is 69.0. The summed E-state index contributed by atoms with van der Waals surface area (Å²) in [7, 11) is -9.90. The summed E-state index contributed by atoms with van der Waals surface area (Å²) in [4.78, 5) is 72.7. The van der Waals surface area contributed by atoms with Crippen molar-refractivity contribution in [3.63, 3.8) is 0 Å². The van der Waals surface area contributed by atoms with E-state index < -0.39 is 97.5 Å². The van der Waals surface area contributed by atoms with Crippen molar-refractivity contribution in [2.75, 3.05) is 39.6 Å². The van der Waals surface area contributed by atoms with E-state index in [-0.39, 0.29) is 25.7 Å². The third kappa shape index (κ3) is 68.6. The summed E-state index contributed by atoms with van der Waals surface area (Å²) >= 11 is 0. The van der Waals surface area contributed by atoms with E-state index in [0.29, 0.717) is 25.7 Å². The first-order valence-corrected chi connectivity index (χ1v) is 42.3. The van der Waals surface area contributed by atoms with Gasteiger partial charge in [-0.2, -0.15) is 0 Å². The van der Waals surface area contributed by atoms with Gasteiger partial charge in [-0.15, -0.1) is 0 Å². The number of esters is 4. The van der Waals surface area contributed by atoms with Gasteiger partial charge >= 0.3 is 39.5 Å². The van der Waals surface area contributed by atoms with Gasteiger partial charge < -0.3 is 33.8 Å². The van der Waals surface area contributed by atoms with Gasteiger partial charge in [-0.1, -0.05) is 349 Å². The molecule has 558 valence electrons. The molecule has 0 aliphatic carbocycles. The molecule has 0 bridgehead atoms. The highest BCUT2D eigenvalue weighted by atomic mass is 31.2. The standard InChI is InChI=1S/C75H146O17P2/c1-5-9-13-17-21-25-29-31-32-33-34-35-36-37-39-42-46-50-54-58-62-75(80)92-71(66-86-73(78)60-56-52-48-44-41-38-30-26-22-18-14-10-6-2)68-90-94(83,84)88-64-69(76)63-87-93(81,82)89-67-70(65-85-72(77)59-55-51-47-43-28-24-20-16-12-8-4)91-74(79)61-57-53-49-45-40-27-23-19-15-11-7-3/h69-71,76H,5-68H2,1-4H3,(H,81,82)(H,83,84)/t69-,70+,71+/m0/s1. The van der Waals surface area contributed by atoms with Gasteiger partial charge in [0.2, 0.25) is 0 Å². The van der Waals surface area contributed by atoms with Gasteiger partial charge in [-0.25, -0.2) is 9.13 Å². The predicted octanol–water partition coefficient (Wildman–Crippen LogP) is 22.2. The SMILES string of the molecule is CCCCCCCCCCCCCCCCCCCCCCC(=O)O[C@H](COC(=O)CCCCCCCCCCCCCCC)COP(=O)(O)OC[C@@H](O)COP(=O)(O)OC[C@@H](COC(=O)CCCCCCCCCCCC)OC(=O)CCCCCCCCCCCCC. The number of hydrogen-bond donors (Lipinski definition) is 3. The molecule has 2 unspecified atom stereocenters. The molecule has 0 spiro atoms. The Morgan fingerprint density at radius 1 is 0.255 bits per heavy atom. The zero-order valence-electron chi connectivity index (χ0n) is 60.9. The van der Waals surface area contributed by atoms with Crippen molar-refractivity contribution in [1.82, 2.24) is 0 Å². The zero-order valence-corrected chi connectivity index (χ0v) is 62.7. The van der Waals surface area contributed by atoms with Crippen LogP contribution >= 0.6 is 15.6 Å². The van der Waals surface area contributed by atoms with Gasteiger partial charge in [-0.3, -0.25) is 37.3 Å². The van der Waals surface area contributed by atoms with Crippen LogP contribution < -0.4 is 0 Å². The molecule has 94 heavy (non-hydrogen) atoms. The Morgan fingerprint density at radius 3 is 0.628 bits per heavy atom. The molecule has 0 amide bonds. The Labute approximate surface area is 575 Å². The number of phosphoric ester groups is 2. The van der Waals surface area contributed by atoms with Crippen LogP contribution in [0.3, 0.4) is 0 Å². The maximum Gasteiger partial charge on any atom is 0.472 e. The van der Waals surface area contributed by atoms with Gasteiger partial charge in [-0.05, 0) is 25.7 Å². The van der Waals surface area contributed by atoms with Crippen LogP contribution in [0.15, 0.2) is 0 Å². The van der Waals surface area contributed by atoms with Crippen molar-refractivity contribution < 1.29 is 80.2 Å². The van der Waals surface area contributed by atoms with Crippen LogP contribution in [0.5, 0.6) is 0 Å². The van der Waals surface area contributed by atoms with E-state index in [1.165, 1.54) is 231 Å². The van der Waals surface area contributed by atoms with Crippen LogP contribution in [0.25, 0.3) is 0 Å². The molecule has 3 N–H and O–H groups in total. The lowest BCUT2D eigenvalue weighted by Gasteiger charge is -2.21. The van der Waals surface area contributed by atoms with Crippen LogP contribution in [0.1, 0.15) is 400 Å². The first-order chi connectivity index (χ1) is 45.7. The molecule has 0 aliphatic rings. The lowest BCUT2D eigenvalue weighted by molar-refractivity contribution is -0.161. The summed E-state index contributed by atoms with van der Waals surface area (Å²) in [6, 6.07) is 0. The van der Waals surface area contributed by atoms with E-state index >= 15 is 0 Å². The normalized spacial score (nSPS) is 13.9. The highest BCUT2D eigenvalue weighted by molar-refractivity contribution is 7.47. The van der Waals surface area contributed by atoms with Crippen molar-refractivity contribution >= 4 is 39.5 Å². The lowest BCUT2D eigenvalue weighted by Crippen LogP contribution is -2.30. The fraction of sp³-hybridized carbons (Fsp3) is 0.947. The summed E-state index contributed by atoms with van der Waals surface area (Å²) in [5, 5.41) is 10.6. The quantitative estimate of drug-likeness (QED) is 0.0222. The summed E-state index contributed by atoms with van der Waals surface area (Å²) in [6.45, 7) is 4.97. The van der Waals surface area contributed by atoms with Crippen LogP contribution in [-0.2, 0) is 65.4 Å². The van der Waals surface area contributed by atoms with E-state index in [1.807, 2.05) is 0 Å².